The van der Waals surface area contributed by atoms with Crippen LogP contribution in [0.25, 0.3) is 0 Å². The molecule has 0 spiro atoms. The SMILES string of the molecule is COCC(C)c1ccc(CC(C)(C(C)C)C(C)CCCc2ccccc2)cc1. The molecule has 1 heteroatoms. The Balaban J connectivity index is 1.99. The molecule has 28 heavy (non-hydrogen) atoms. The number of ether oxygens (including phenoxy) is 1. The number of hydrogen-bond acceptors (Lipinski definition) is 1. The molecule has 2 aromatic rings. The minimum absolute atomic E-state index is 0.316. The highest BCUT2D eigenvalue weighted by Crippen LogP contribution is 2.41. The Hall–Kier alpha value is -1.60. The quantitative estimate of drug-likeness (QED) is 0.397. The van der Waals surface area contributed by atoms with Crippen LogP contribution in [-0.2, 0) is 17.6 Å². The lowest BCUT2D eigenvalue weighted by molar-refractivity contribution is 0.116. The van der Waals surface area contributed by atoms with Crippen molar-refractivity contribution in [2.24, 2.45) is 17.3 Å². The van der Waals surface area contributed by atoms with Crippen LogP contribution >= 0.6 is 0 Å². The maximum atomic E-state index is 5.30. The highest BCUT2D eigenvalue weighted by molar-refractivity contribution is 5.26. The molecular weight excluding hydrogens is 340 g/mol. The van der Waals surface area contributed by atoms with Gasteiger partial charge in [0.1, 0.15) is 0 Å². The average Bonchev–Trinajstić information content (AvgIpc) is 2.69. The molecule has 0 aliphatic carbocycles. The lowest BCUT2D eigenvalue weighted by Crippen LogP contribution is -2.33. The summed E-state index contributed by atoms with van der Waals surface area (Å²) in [7, 11) is 1.78. The standard InChI is InChI=1S/C27H40O/c1-21(2)27(5,23(4)11-10-14-24-12-8-7-9-13-24)19-25-15-17-26(18-16-25)22(3)20-28-6/h7-9,12-13,15-18,21-23H,10-11,14,19-20H2,1-6H3. The van der Waals surface area contributed by atoms with Crippen molar-refractivity contribution in [2.45, 2.75) is 66.2 Å². The topological polar surface area (TPSA) is 9.23 Å². The van der Waals surface area contributed by atoms with Crippen LogP contribution in [0.4, 0.5) is 0 Å². The van der Waals surface area contributed by atoms with E-state index in [1.165, 1.54) is 36.0 Å². The van der Waals surface area contributed by atoms with E-state index in [0.717, 1.165) is 13.0 Å². The van der Waals surface area contributed by atoms with Crippen LogP contribution < -0.4 is 0 Å². The maximum absolute atomic E-state index is 5.30. The van der Waals surface area contributed by atoms with E-state index in [9.17, 15) is 0 Å². The Kier molecular flexibility index (Phi) is 8.76. The summed E-state index contributed by atoms with van der Waals surface area (Å²) in [5, 5.41) is 0. The van der Waals surface area contributed by atoms with E-state index in [1.807, 2.05) is 0 Å². The molecule has 154 valence electrons. The van der Waals surface area contributed by atoms with Crippen molar-refractivity contribution in [1.29, 1.82) is 0 Å². The molecule has 0 bridgehead atoms. The van der Waals surface area contributed by atoms with Gasteiger partial charge < -0.3 is 4.74 Å². The number of methoxy groups -OCH3 is 1. The Labute approximate surface area is 173 Å². The normalized spacial score (nSPS) is 16.0. The third-order valence-corrected chi connectivity index (χ3v) is 6.94. The van der Waals surface area contributed by atoms with Gasteiger partial charge in [0.05, 0.1) is 6.61 Å². The van der Waals surface area contributed by atoms with E-state index < -0.39 is 0 Å². The van der Waals surface area contributed by atoms with Crippen molar-refractivity contribution < 1.29 is 4.74 Å². The van der Waals surface area contributed by atoms with Crippen LogP contribution in [0.2, 0.25) is 0 Å². The Morgan fingerprint density at radius 3 is 2.07 bits per heavy atom. The van der Waals surface area contributed by atoms with E-state index in [0.29, 0.717) is 23.2 Å². The molecule has 3 unspecified atom stereocenters. The van der Waals surface area contributed by atoms with Gasteiger partial charge in [-0.05, 0) is 59.6 Å². The second-order valence-corrected chi connectivity index (χ2v) is 9.21. The van der Waals surface area contributed by atoms with Crippen LogP contribution in [0.5, 0.6) is 0 Å². The first-order chi connectivity index (χ1) is 13.4. The van der Waals surface area contributed by atoms with Crippen molar-refractivity contribution in [3.8, 4) is 0 Å². The zero-order valence-corrected chi connectivity index (χ0v) is 18.9. The van der Waals surface area contributed by atoms with Gasteiger partial charge in [-0.25, -0.2) is 0 Å². The van der Waals surface area contributed by atoms with Gasteiger partial charge in [0, 0.05) is 13.0 Å². The molecule has 2 rings (SSSR count). The molecule has 2 aromatic carbocycles. The monoisotopic (exact) mass is 380 g/mol. The predicted octanol–water partition coefficient (Wildman–Crippen LogP) is 7.30. The summed E-state index contributed by atoms with van der Waals surface area (Å²) in [4.78, 5) is 0. The fourth-order valence-corrected chi connectivity index (χ4v) is 4.28. The largest absolute Gasteiger partial charge is 0.384 e. The molecular formula is C27H40O. The van der Waals surface area contributed by atoms with E-state index in [-0.39, 0.29) is 0 Å². The van der Waals surface area contributed by atoms with E-state index in [1.54, 1.807) is 7.11 Å². The average molecular weight is 381 g/mol. The summed E-state index contributed by atoms with van der Waals surface area (Å²) >= 11 is 0. The molecule has 0 amide bonds. The summed E-state index contributed by atoms with van der Waals surface area (Å²) in [5.74, 6) is 1.81. The molecule has 0 aliphatic rings. The first kappa shape index (κ1) is 22.7. The van der Waals surface area contributed by atoms with E-state index in [2.05, 4.69) is 89.2 Å². The molecule has 0 saturated heterocycles. The van der Waals surface area contributed by atoms with Crippen LogP contribution in [0.1, 0.15) is 70.1 Å². The first-order valence-electron chi connectivity index (χ1n) is 11.0. The zero-order chi connectivity index (χ0) is 20.6. The molecule has 0 heterocycles. The van der Waals surface area contributed by atoms with Gasteiger partial charge in [0.15, 0.2) is 0 Å². The molecule has 0 radical (unpaired) electrons. The highest BCUT2D eigenvalue weighted by atomic mass is 16.5. The van der Waals surface area contributed by atoms with Gasteiger partial charge >= 0.3 is 0 Å². The minimum Gasteiger partial charge on any atom is -0.384 e. The maximum Gasteiger partial charge on any atom is 0.0528 e. The number of rotatable bonds is 11. The van der Waals surface area contributed by atoms with Crippen LogP contribution in [-0.4, -0.2) is 13.7 Å². The Morgan fingerprint density at radius 1 is 0.857 bits per heavy atom. The third kappa shape index (κ3) is 6.21. The van der Waals surface area contributed by atoms with Crippen molar-refractivity contribution in [3.63, 3.8) is 0 Å². The fraction of sp³-hybridized carbons (Fsp3) is 0.556. The Bertz CT molecular complexity index is 673. The molecule has 0 aromatic heterocycles. The van der Waals surface area contributed by atoms with Gasteiger partial charge in [0.25, 0.3) is 0 Å². The molecule has 3 atom stereocenters. The smallest absolute Gasteiger partial charge is 0.0528 e. The molecule has 0 saturated carbocycles. The third-order valence-electron chi connectivity index (χ3n) is 6.94. The second kappa shape index (κ2) is 10.8. The lowest BCUT2D eigenvalue weighted by atomic mass is 9.65. The van der Waals surface area contributed by atoms with Crippen LogP contribution in [0, 0.1) is 17.3 Å². The van der Waals surface area contributed by atoms with Crippen LogP contribution in [0.15, 0.2) is 54.6 Å². The van der Waals surface area contributed by atoms with Crippen molar-refractivity contribution in [3.05, 3.63) is 71.3 Å². The zero-order valence-electron chi connectivity index (χ0n) is 18.9. The number of aryl methyl sites for hydroxylation is 1. The first-order valence-corrected chi connectivity index (χ1v) is 11.0. The van der Waals surface area contributed by atoms with Crippen molar-refractivity contribution in [2.75, 3.05) is 13.7 Å². The van der Waals surface area contributed by atoms with Gasteiger partial charge in [-0.15, -0.1) is 0 Å². The van der Waals surface area contributed by atoms with Crippen molar-refractivity contribution >= 4 is 0 Å². The summed E-state index contributed by atoms with van der Waals surface area (Å²) < 4.78 is 5.30. The summed E-state index contributed by atoms with van der Waals surface area (Å²) in [6.45, 7) is 12.7. The summed E-state index contributed by atoms with van der Waals surface area (Å²) in [6, 6.07) is 20.1. The summed E-state index contributed by atoms with van der Waals surface area (Å²) in [5.41, 5.74) is 4.60. The Morgan fingerprint density at radius 2 is 1.50 bits per heavy atom. The minimum atomic E-state index is 0.316. The van der Waals surface area contributed by atoms with Crippen LogP contribution in [0.3, 0.4) is 0 Å². The van der Waals surface area contributed by atoms with Crippen molar-refractivity contribution in [1.82, 2.24) is 0 Å². The number of benzene rings is 2. The van der Waals surface area contributed by atoms with E-state index in [4.69, 9.17) is 4.74 Å². The number of hydrogen-bond donors (Lipinski definition) is 0. The van der Waals surface area contributed by atoms with Gasteiger partial charge in [-0.1, -0.05) is 89.2 Å². The fourth-order valence-electron chi connectivity index (χ4n) is 4.28. The van der Waals surface area contributed by atoms with Gasteiger partial charge in [-0.3, -0.25) is 0 Å². The van der Waals surface area contributed by atoms with E-state index >= 15 is 0 Å². The lowest BCUT2D eigenvalue weighted by Gasteiger charge is -2.40. The molecule has 0 N–H and O–H groups in total. The molecule has 0 fully saturated rings. The second-order valence-electron chi connectivity index (χ2n) is 9.21. The van der Waals surface area contributed by atoms with Gasteiger partial charge in [0.2, 0.25) is 0 Å². The summed E-state index contributed by atoms with van der Waals surface area (Å²) in [6.07, 6.45) is 4.88. The highest BCUT2D eigenvalue weighted by Gasteiger charge is 2.34. The molecule has 1 nitrogen and oxygen atoms in total. The molecule has 0 aliphatic heterocycles. The van der Waals surface area contributed by atoms with Gasteiger partial charge in [-0.2, -0.15) is 0 Å². The predicted molar refractivity (Wildman–Crippen MR) is 122 cm³/mol.